The molecule has 1 aliphatic carbocycles. The highest BCUT2D eigenvalue weighted by atomic mass is 16.2. The molecular formula is C16H18N2O. The van der Waals surface area contributed by atoms with Crippen molar-refractivity contribution in [3.05, 3.63) is 41.1 Å². The van der Waals surface area contributed by atoms with Gasteiger partial charge < -0.3 is 5.32 Å². The van der Waals surface area contributed by atoms with E-state index in [1.807, 2.05) is 18.2 Å². The van der Waals surface area contributed by atoms with Crippen molar-refractivity contribution in [1.82, 2.24) is 5.32 Å². The van der Waals surface area contributed by atoms with E-state index in [1.165, 1.54) is 12.0 Å². The summed E-state index contributed by atoms with van der Waals surface area (Å²) in [5, 5.41) is 2.89. The molecule has 1 heterocycles. The van der Waals surface area contributed by atoms with Gasteiger partial charge in [0.05, 0.1) is 0 Å². The van der Waals surface area contributed by atoms with Crippen molar-refractivity contribution in [2.75, 3.05) is 0 Å². The summed E-state index contributed by atoms with van der Waals surface area (Å²) < 4.78 is 0. The van der Waals surface area contributed by atoms with Crippen LogP contribution in [0.25, 0.3) is 6.08 Å². The zero-order valence-electron chi connectivity index (χ0n) is 11.1. The Balaban J connectivity index is 1.81. The van der Waals surface area contributed by atoms with Gasteiger partial charge in [-0.25, -0.2) is 4.99 Å². The van der Waals surface area contributed by atoms with Gasteiger partial charge in [-0.3, -0.25) is 4.79 Å². The lowest BCUT2D eigenvalue weighted by Crippen LogP contribution is -2.33. The van der Waals surface area contributed by atoms with Crippen molar-refractivity contribution in [2.24, 2.45) is 10.9 Å². The Morgan fingerprint density at radius 2 is 2.05 bits per heavy atom. The lowest BCUT2D eigenvalue weighted by molar-refractivity contribution is -0.115. The summed E-state index contributed by atoms with van der Waals surface area (Å²) in [6, 6.07) is 8.26. The molecule has 1 fully saturated rings. The summed E-state index contributed by atoms with van der Waals surface area (Å²) in [7, 11) is 0. The van der Waals surface area contributed by atoms with Crippen molar-refractivity contribution in [2.45, 2.75) is 32.6 Å². The highest BCUT2D eigenvalue weighted by molar-refractivity contribution is 6.15. The summed E-state index contributed by atoms with van der Waals surface area (Å²) in [6.45, 7) is 2.13. The molecule has 0 saturated heterocycles. The number of rotatable bonds is 3. The van der Waals surface area contributed by atoms with Crippen LogP contribution in [0, 0.1) is 5.92 Å². The Morgan fingerprint density at radius 1 is 1.32 bits per heavy atom. The monoisotopic (exact) mass is 254 g/mol. The minimum absolute atomic E-state index is 0.0681. The largest absolute Gasteiger partial charge is 0.308 e. The van der Waals surface area contributed by atoms with Gasteiger partial charge in [0, 0.05) is 5.92 Å². The number of carbonyl (C=O) groups is 1. The van der Waals surface area contributed by atoms with Gasteiger partial charge in [-0.05, 0) is 36.5 Å². The number of hydrogen-bond donors (Lipinski definition) is 1. The van der Waals surface area contributed by atoms with E-state index in [-0.39, 0.29) is 5.91 Å². The van der Waals surface area contributed by atoms with Crippen LogP contribution in [0.15, 0.2) is 35.0 Å². The van der Waals surface area contributed by atoms with E-state index in [4.69, 9.17) is 0 Å². The molecule has 0 atom stereocenters. The van der Waals surface area contributed by atoms with Gasteiger partial charge in [-0.1, -0.05) is 37.6 Å². The van der Waals surface area contributed by atoms with Crippen LogP contribution in [0.2, 0.25) is 0 Å². The molecule has 3 heteroatoms. The molecule has 0 unspecified atom stereocenters. The Morgan fingerprint density at radius 3 is 2.63 bits per heavy atom. The number of benzene rings is 1. The van der Waals surface area contributed by atoms with Crippen LogP contribution >= 0.6 is 0 Å². The fraction of sp³-hybridized carbons (Fsp3) is 0.375. The molecule has 0 bridgehead atoms. The zero-order valence-corrected chi connectivity index (χ0v) is 11.1. The Bertz CT molecular complexity index is 551. The van der Waals surface area contributed by atoms with Crippen molar-refractivity contribution in [3.63, 3.8) is 0 Å². The van der Waals surface area contributed by atoms with Crippen LogP contribution in [-0.2, 0) is 11.2 Å². The number of nitrogens with one attached hydrogen (secondary N) is 1. The summed E-state index contributed by atoms with van der Waals surface area (Å²) in [5.74, 6) is 1.27. The molecule has 19 heavy (non-hydrogen) atoms. The van der Waals surface area contributed by atoms with Crippen LogP contribution < -0.4 is 5.32 Å². The van der Waals surface area contributed by atoms with Gasteiger partial charge in [0.2, 0.25) is 0 Å². The summed E-state index contributed by atoms with van der Waals surface area (Å²) in [4.78, 5) is 16.3. The molecular weight excluding hydrogens is 236 g/mol. The van der Waals surface area contributed by atoms with Crippen LogP contribution in [0.3, 0.4) is 0 Å². The van der Waals surface area contributed by atoms with E-state index in [0.29, 0.717) is 11.6 Å². The number of amides is 1. The van der Waals surface area contributed by atoms with Gasteiger partial charge in [-0.2, -0.15) is 0 Å². The van der Waals surface area contributed by atoms with Crippen molar-refractivity contribution in [1.29, 1.82) is 0 Å². The number of amidine groups is 1. The molecule has 98 valence electrons. The molecule has 0 radical (unpaired) electrons. The van der Waals surface area contributed by atoms with Crippen LogP contribution in [0.1, 0.15) is 37.3 Å². The second-order valence-corrected chi connectivity index (χ2v) is 5.20. The van der Waals surface area contributed by atoms with Crippen molar-refractivity contribution in [3.8, 4) is 0 Å². The summed E-state index contributed by atoms with van der Waals surface area (Å²) in [5.41, 5.74) is 2.86. The SMILES string of the molecule is CCc1ccc(/C=C2/N=C(C3CCC3)NC2=O)cc1. The van der Waals surface area contributed by atoms with Crippen LogP contribution in [-0.4, -0.2) is 11.7 Å². The minimum Gasteiger partial charge on any atom is -0.308 e. The molecule has 0 spiro atoms. The highest BCUT2D eigenvalue weighted by Gasteiger charge is 2.30. The molecule has 1 aliphatic heterocycles. The van der Waals surface area contributed by atoms with Crippen LogP contribution in [0.5, 0.6) is 0 Å². The van der Waals surface area contributed by atoms with Gasteiger partial charge >= 0.3 is 0 Å². The van der Waals surface area contributed by atoms with Gasteiger partial charge in [0.25, 0.3) is 5.91 Å². The first-order chi connectivity index (χ1) is 9.26. The molecule has 3 rings (SSSR count). The normalized spacial score (nSPS) is 21.2. The molecule has 1 aromatic rings. The summed E-state index contributed by atoms with van der Waals surface area (Å²) >= 11 is 0. The standard InChI is InChI=1S/C16H18N2O/c1-2-11-6-8-12(9-7-11)10-14-16(19)18-15(17-14)13-4-3-5-13/h6-10,13H,2-5H2,1H3,(H,17,18,19)/b14-10+. The molecule has 1 saturated carbocycles. The zero-order chi connectivity index (χ0) is 13.2. The fourth-order valence-corrected chi connectivity index (χ4v) is 2.37. The van der Waals surface area contributed by atoms with Crippen LogP contribution in [0.4, 0.5) is 0 Å². The molecule has 2 aliphatic rings. The first kappa shape index (κ1) is 12.2. The lowest BCUT2D eigenvalue weighted by atomic mass is 9.84. The number of hydrogen-bond acceptors (Lipinski definition) is 2. The fourth-order valence-electron chi connectivity index (χ4n) is 2.37. The maximum Gasteiger partial charge on any atom is 0.275 e. The Kier molecular flexibility index (Phi) is 3.20. The molecule has 1 aromatic carbocycles. The number of carbonyl (C=O) groups excluding carboxylic acids is 1. The predicted molar refractivity (Wildman–Crippen MR) is 76.7 cm³/mol. The maximum atomic E-state index is 11.9. The van der Waals surface area contributed by atoms with E-state index in [0.717, 1.165) is 30.7 Å². The van der Waals surface area contributed by atoms with Crippen molar-refractivity contribution >= 4 is 17.8 Å². The van der Waals surface area contributed by atoms with E-state index >= 15 is 0 Å². The predicted octanol–water partition coefficient (Wildman–Crippen LogP) is 2.92. The summed E-state index contributed by atoms with van der Waals surface area (Å²) in [6.07, 6.45) is 6.44. The quantitative estimate of drug-likeness (QED) is 0.828. The lowest BCUT2D eigenvalue weighted by Gasteiger charge is -2.24. The maximum absolute atomic E-state index is 11.9. The second-order valence-electron chi connectivity index (χ2n) is 5.20. The molecule has 1 amide bonds. The first-order valence-electron chi connectivity index (χ1n) is 6.97. The molecule has 0 aromatic heterocycles. The average Bonchev–Trinajstić information content (AvgIpc) is 2.69. The number of aliphatic imine (C=N–C) groups is 1. The van der Waals surface area contributed by atoms with E-state index in [9.17, 15) is 4.79 Å². The van der Waals surface area contributed by atoms with E-state index in [2.05, 4.69) is 29.4 Å². The number of nitrogens with zero attached hydrogens (tertiary/aromatic N) is 1. The number of aryl methyl sites for hydroxylation is 1. The Labute approximate surface area is 113 Å². The van der Waals surface area contributed by atoms with E-state index < -0.39 is 0 Å². The molecule has 3 nitrogen and oxygen atoms in total. The third kappa shape index (κ3) is 2.46. The van der Waals surface area contributed by atoms with Gasteiger partial charge in [0.1, 0.15) is 11.5 Å². The molecule has 1 N–H and O–H groups in total. The van der Waals surface area contributed by atoms with E-state index in [1.54, 1.807) is 0 Å². The van der Waals surface area contributed by atoms with Crippen molar-refractivity contribution < 1.29 is 4.79 Å². The minimum atomic E-state index is -0.0681. The highest BCUT2D eigenvalue weighted by Crippen LogP contribution is 2.29. The van der Waals surface area contributed by atoms with Gasteiger partial charge in [-0.15, -0.1) is 0 Å². The third-order valence-corrected chi connectivity index (χ3v) is 3.90. The second kappa shape index (κ2) is 5.00. The third-order valence-electron chi connectivity index (χ3n) is 3.90. The topological polar surface area (TPSA) is 41.5 Å². The first-order valence-corrected chi connectivity index (χ1v) is 6.97. The Hall–Kier alpha value is -1.90. The van der Waals surface area contributed by atoms with Gasteiger partial charge in [0.15, 0.2) is 0 Å². The average molecular weight is 254 g/mol. The smallest absolute Gasteiger partial charge is 0.275 e.